The van der Waals surface area contributed by atoms with Crippen LogP contribution in [0.3, 0.4) is 0 Å². The molecule has 1 atom stereocenters. The molecule has 1 aliphatic rings. The standard InChI is InChI=1S/C20H17BrFNO3/c1-12-19(20(25)26-11-13-5-3-2-4-6-13)15(10-18(24)23-12)14-7-8-17(22)16(21)9-14/h2-9,15H,10-11H2,1H3,(H,23,24). The summed E-state index contributed by atoms with van der Waals surface area (Å²) >= 11 is 3.15. The van der Waals surface area contributed by atoms with Gasteiger partial charge in [0.25, 0.3) is 0 Å². The molecular weight excluding hydrogens is 401 g/mol. The quantitative estimate of drug-likeness (QED) is 0.757. The van der Waals surface area contributed by atoms with Crippen molar-refractivity contribution in [3.8, 4) is 0 Å². The Morgan fingerprint density at radius 2 is 2.00 bits per heavy atom. The van der Waals surface area contributed by atoms with Crippen LogP contribution in [0, 0.1) is 5.82 Å². The lowest BCUT2D eigenvalue weighted by molar-refractivity contribution is -0.141. The zero-order valence-corrected chi connectivity index (χ0v) is 15.7. The van der Waals surface area contributed by atoms with E-state index in [1.807, 2.05) is 30.3 Å². The molecule has 0 saturated carbocycles. The van der Waals surface area contributed by atoms with Crippen molar-refractivity contribution in [2.45, 2.75) is 25.9 Å². The minimum absolute atomic E-state index is 0.102. The molecule has 1 amide bonds. The second-order valence-electron chi connectivity index (χ2n) is 6.08. The molecule has 0 bridgehead atoms. The van der Waals surface area contributed by atoms with Crippen LogP contribution in [-0.4, -0.2) is 11.9 Å². The van der Waals surface area contributed by atoms with E-state index in [9.17, 15) is 14.0 Å². The summed E-state index contributed by atoms with van der Waals surface area (Å²) in [5.74, 6) is -1.56. The molecule has 1 N–H and O–H groups in total. The highest BCUT2D eigenvalue weighted by Crippen LogP contribution is 2.35. The van der Waals surface area contributed by atoms with Crippen LogP contribution >= 0.6 is 15.9 Å². The number of amides is 1. The van der Waals surface area contributed by atoms with E-state index in [1.165, 1.54) is 6.07 Å². The predicted octanol–water partition coefficient (Wildman–Crippen LogP) is 4.21. The van der Waals surface area contributed by atoms with Crippen molar-refractivity contribution in [2.75, 3.05) is 0 Å². The third-order valence-electron chi connectivity index (χ3n) is 4.25. The highest BCUT2D eigenvalue weighted by atomic mass is 79.9. The number of carbonyl (C=O) groups is 2. The predicted molar refractivity (Wildman–Crippen MR) is 98.5 cm³/mol. The molecule has 0 aromatic heterocycles. The molecule has 4 nitrogen and oxygen atoms in total. The zero-order valence-electron chi connectivity index (χ0n) is 14.1. The Morgan fingerprint density at radius 3 is 2.69 bits per heavy atom. The number of ether oxygens (including phenoxy) is 1. The SMILES string of the molecule is CC1=C(C(=O)OCc2ccccc2)C(c2ccc(F)c(Br)c2)CC(=O)N1. The van der Waals surface area contributed by atoms with E-state index in [2.05, 4.69) is 21.2 Å². The van der Waals surface area contributed by atoms with E-state index in [0.29, 0.717) is 16.8 Å². The van der Waals surface area contributed by atoms with Gasteiger partial charge in [-0.1, -0.05) is 36.4 Å². The number of nitrogens with one attached hydrogen (secondary N) is 1. The summed E-state index contributed by atoms with van der Waals surface area (Å²) in [7, 11) is 0. The van der Waals surface area contributed by atoms with Gasteiger partial charge in [-0.2, -0.15) is 0 Å². The monoisotopic (exact) mass is 417 g/mol. The second-order valence-corrected chi connectivity index (χ2v) is 6.93. The molecule has 1 unspecified atom stereocenters. The van der Waals surface area contributed by atoms with Crippen molar-refractivity contribution >= 4 is 27.8 Å². The summed E-state index contributed by atoms with van der Waals surface area (Å²) < 4.78 is 19.3. The largest absolute Gasteiger partial charge is 0.457 e. The topological polar surface area (TPSA) is 55.4 Å². The molecular formula is C20H17BrFNO3. The van der Waals surface area contributed by atoms with Crippen molar-refractivity contribution in [3.63, 3.8) is 0 Å². The van der Waals surface area contributed by atoms with Gasteiger partial charge in [-0.3, -0.25) is 4.79 Å². The minimum Gasteiger partial charge on any atom is -0.457 e. The molecule has 0 radical (unpaired) electrons. The van der Waals surface area contributed by atoms with Gasteiger partial charge < -0.3 is 10.1 Å². The summed E-state index contributed by atoms with van der Waals surface area (Å²) in [5, 5.41) is 2.69. The molecule has 2 aromatic carbocycles. The molecule has 3 rings (SSSR count). The summed E-state index contributed by atoms with van der Waals surface area (Å²) in [6.07, 6.45) is 0.102. The lowest BCUT2D eigenvalue weighted by Crippen LogP contribution is -2.34. The van der Waals surface area contributed by atoms with Gasteiger partial charge in [0, 0.05) is 18.0 Å². The molecule has 0 fully saturated rings. The Balaban J connectivity index is 1.87. The summed E-state index contributed by atoms with van der Waals surface area (Å²) in [4.78, 5) is 24.7. The van der Waals surface area contributed by atoms with E-state index in [1.54, 1.807) is 19.1 Å². The number of carbonyl (C=O) groups excluding carboxylic acids is 2. The Labute approximate surface area is 159 Å². The first-order valence-corrected chi connectivity index (χ1v) is 8.91. The van der Waals surface area contributed by atoms with Gasteiger partial charge in [-0.25, -0.2) is 9.18 Å². The van der Waals surface area contributed by atoms with Crippen molar-refractivity contribution in [1.29, 1.82) is 0 Å². The maximum atomic E-state index is 13.6. The minimum atomic E-state index is -0.489. The maximum absolute atomic E-state index is 13.6. The van der Waals surface area contributed by atoms with E-state index in [-0.39, 0.29) is 23.4 Å². The van der Waals surface area contributed by atoms with Crippen LogP contribution in [0.15, 0.2) is 64.3 Å². The Bertz CT molecular complexity index is 880. The summed E-state index contributed by atoms with van der Waals surface area (Å²) in [5.41, 5.74) is 2.41. The fraction of sp³-hybridized carbons (Fsp3) is 0.200. The van der Waals surface area contributed by atoms with E-state index in [0.717, 1.165) is 5.56 Å². The van der Waals surface area contributed by atoms with Crippen molar-refractivity contribution in [3.05, 3.63) is 81.2 Å². The molecule has 26 heavy (non-hydrogen) atoms. The number of hydrogen-bond acceptors (Lipinski definition) is 3. The normalized spacial score (nSPS) is 17.0. The van der Waals surface area contributed by atoms with Crippen LogP contribution in [-0.2, 0) is 20.9 Å². The highest BCUT2D eigenvalue weighted by molar-refractivity contribution is 9.10. The Kier molecular flexibility index (Phi) is 5.52. The highest BCUT2D eigenvalue weighted by Gasteiger charge is 2.33. The van der Waals surface area contributed by atoms with Gasteiger partial charge in [-0.15, -0.1) is 0 Å². The summed E-state index contributed by atoms with van der Waals surface area (Å²) in [6, 6.07) is 13.8. The number of hydrogen-bond donors (Lipinski definition) is 1. The first-order valence-electron chi connectivity index (χ1n) is 8.12. The molecule has 134 valence electrons. The Morgan fingerprint density at radius 1 is 1.27 bits per heavy atom. The second kappa shape index (κ2) is 7.83. The van der Waals surface area contributed by atoms with E-state index >= 15 is 0 Å². The first kappa shape index (κ1) is 18.3. The molecule has 0 spiro atoms. The van der Waals surface area contributed by atoms with Crippen LogP contribution in [0.25, 0.3) is 0 Å². The van der Waals surface area contributed by atoms with E-state index < -0.39 is 17.7 Å². The fourth-order valence-electron chi connectivity index (χ4n) is 2.99. The number of esters is 1. The first-order chi connectivity index (χ1) is 12.5. The van der Waals surface area contributed by atoms with E-state index in [4.69, 9.17) is 4.74 Å². The fourth-order valence-corrected chi connectivity index (χ4v) is 3.38. The van der Waals surface area contributed by atoms with Crippen LogP contribution in [0.1, 0.15) is 30.4 Å². The molecule has 1 heterocycles. The van der Waals surface area contributed by atoms with Gasteiger partial charge in [-0.05, 0) is 46.1 Å². The van der Waals surface area contributed by atoms with Gasteiger partial charge in [0.15, 0.2) is 0 Å². The maximum Gasteiger partial charge on any atom is 0.336 e. The Hall–Kier alpha value is -2.47. The molecule has 2 aromatic rings. The lowest BCUT2D eigenvalue weighted by atomic mass is 9.84. The molecule has 1 aliphatic heterocycles. The average Bonchev–Trinajstić information content (AvgIpc) is 2.62. The number of rotatable bonds is 4. The lowest BCUT2D eigenvalue weighted by Gasteiger charge is -2.26. The van der Waals surface area contributed by atoms with Gasteiger partial charge in [0.05, 0.1) is 10.0 Å². The zero-order chi connectivity index (χ0) is 18.7. The van der Waals surface area contributed by atoms with Crippen LogP contribution in [0.2, 0.25) is 0 Å². The summed E-state index contributed by atoms with van der Waals surface area (Å²) in [6.45, 7) is 1.81. The van der Waals surface area contributed by atoms with Crippen LogP contribution in [0.5, 0.6) is 0 Å². The molecule has 0 saturated heterocycles. The molecule has 6 heteroatoms. The van der Waals surface area contributed by atoms with Gasteiger partial charge >= 0.3 is 5.97 Å². The smallest absolute Gasteiger partial charge is 0.336 e. The van der Waals surface area contributed by atoms with Gasteiger partial charge in [0.1, 0.15) is 12.4 Å². The average molecular weight is 418 g/mol. The van der Waals surface area contributed by atoms with Crippen molar-refractivity contribution in [1.82, 2.24) is 5.32 Å². The third kappa shape index (κ3) is 4.02. The molecule has 0 aliphatic carbocycles. The van der Waals surface area contributed by atoms with Crippen molar-refractivity contribution in [2.24, 2.45) is 0 Å². The van der Waals surface area contributed by atoms with Gasteiger partial charge in [0.2, 0.25) is 5.91 Å². The third-order valence-corrected chi connectivity index (χ3v) is 4.86. The van der Waals surface area contributed by atoms with Crippen LogP contribution in [0.4, 0.5) is 4.39 Å². The number of halogens is 2. The number of allylic oxidation sites excluding steroid dienone is 1. The van der Waals surface area contributed by atoms with Crippen LogP contribution < -0.4 is 5.32 Å². The number of benzene rings is 2. The van der Waals surface area contributed by atoms with Crippen molar-refractivity contribution < 1.29 is 18.7 Å².